The maximum Gasteiger partial charge on any atom is 0.233 e. The van der Waals surface area contributed by atoms with Gasteiger partial charge in [0.15, 0.2) is 0 Å². The van der Waals surface area contributed by atoms with Crippen molar-refractivity contribution in [2.24, 2.45) is 0 Å². The molecule has 31 heavy (non-hydrogen) atoms. The predicted molar refractivity (Wildman–Crippen MR) is 121 cm³/mol. The standard InChI is InChI=1S/C25H28N4O2/c1-17(22-6-2-3-14-27-22)25(31)29-20-9-7-18(8-10-20)15-21-11-12-23(28-21)24(30)19-5-4-13-26-16-19/h2-10,13-14,16-17,21,23-24,28,30H,11-12,15H2,1H3,(H,29,31)/t17?,21-,23+,24+/m0/s1. The molecule has 6 heteroatoms. The molecule has 0 spiro atoms. The lowest BCUT2D eigenvalue weighted by atomic mass is 10.0. The van der Waals surface area contributed by atoms with E-state index in [9.17, 15) is 9.90 Å². The molecule has 1 unspecified atom stereocenters. The molecule has 1 aliphatic heterocycles. The number of aliphatic hydroxyl groups excluding tert-OH is 1. The molecule has 1 fully saturated rings. The molecule has 1 amide bonds. The third kappa shape index (κ3) is 5.34. The Bertz CT molecular complexity index is 979. The summed E-state index contributed by atoms with van der Waals surface area (Å²) < 4.78 is 0. The van der Waals surface area contributed by atoms with Crippen LogP contribution in [-0.4, -0.2) is 33.1 Å². The quantitative estimate of drug-likeness (QED) is 0.548. The average Bonchev–Trinajstić information content (AvgIpc) is 3.29. The number of carbonyl (C=O) groups is 1. The van der Waals surface area contributed by atoms with Crippen molar-refractivity contribution in [1.29, 1.82) is 0 Å². The van der Waals surface area contributed by atoms with Gasteiger partial charge < -0.3 is 15.7 Å². The molecular weight excluding hydrogens is 388 g/mol. The van der Waals surface area contributed by atoms with Gasteiger partial charge in [-0.3, -0.25) is 14.8 Å². The summed E-state index contributed by atoms with van der Waals surface area (Å²) in [6, 6.07) is 17.7. The summed E-state index contributed by atoms with van der Waals surface area (Å²) in [5.74, 6) is -0.386. The van der Waals surface area contributed by atoms with Gasteiger partial charge in [0.2, 0.25) is 5.91 Å². The highest BCUT2D eigenvalue weighted by atomic mass is 16.3. The SMILES string of the molecule is CC(C(=O)Nc1ccc(C[C@@H]2CC[C@H]([C@H](O)c3cccnc3)N2)cc1)c1ccccn1. The molecule has 3 aromatic rings. The Kier molecular flexibility index (Phi) is 6.70. The van der Waals surface area contributed by atoms with Crippen LogP contribution in [0.1, 0.15) is 48.6 Å². The molecule has 2 aromatic heterocycles. The number of amides is 1. The van der Waals surface area contributed by atoms with Gasteiger partial charge in [-0.1, -0.05) is 24.3 Å². The number of nitrogens with zero attached hydrogens (tertiary/aromatic N) is 2. The van der Waals surface area contributed by atoms with E-state index in [0.29, 0.717) is 6.04 Å². The lowest BCUT2D eigenvalue weighted by molar-refractivity contribution is -0.117. The van der Waals surface area contributed by atoms with Crippen molar-refractivity contribution in [3.8, 4) is 0 Å². The molecule has 1 saturated heterocycles. The smallest absolute Gasteiger partial charge is 0.233 e. The number of carbonyl (C=O) groups excluding carboxylic acids is 1. The van der Waals surface area contributed by atoms with Gasteiger partial charge >= 0.3 is 0 Å². The fraction of sp³-hybridized carbons (Fsp3) is 0.320. The second-order valence-corrected chi connectivity index (χ2v) is 8.15. The molecule has 0 radical (unpaired) electrons. The van der Waals surface area contributed by atoms with Crippen LogP contribution < -0.4 is 10.6 Å². The minimum atomic E-state index is -0.544. The summed E-state index contributed by atoms with van der Waals surface area (Å²) in [7, 11) is 0. The van der Waals surface area contributed by atoms with Crippen LogP contribution in [0.4, 0.5) is 5.69 Å². The average molecular weight is 417 g/mol. The van der Waals surface area contributed by atoms with Gasteiger partial charge in [0.25, 0.3) is 0 Å². The van der Waals surface area contributed by atoms with Gasteiger partial charge in [0.05, 0.1) is 17.7 Å². The monoisotopic (exact) mass is 416 g/mol. The summed E-state index contributed by atoms with van der Waals surface area (Å²) in [6.07, 6.45) is 7.42. The van der Waals surface area contributed by atoms with Crippen LogP contribution in [0.15, 0.2) is 73.2 Å². The highest BCUT2D eigenvalue weighted by molar-refractivity contribution is 5.95. The van der Waals surface area contributed by atoms with Crippen molar-refractivity contribution >= 4 is 11.6 Å². The van der Waals surface area contributed by atoms with Crippen LogP contribution in [0.2, 0.25) is 0 Å². The molecule has 4 atom stereocenters. The number of aliphatic hydroxyl groups is 1. The van der Waals surface area contributed by atoms with Crippen LogP contribution in [0, 0.1) is 0 Å². The van der Waals surface area contributed by atoms with E-state index in [0.717, 1.165) is 36.2 Å². The molecule has 0 saturated carbocycles. The number of rotatable bonds is 7. The van der Waals surface area contributed by atoms with Gasteiger partial charge in [-0.15, -0.1) is 0 Å². The van der Waals surface area contributed by atoms with Gasteiger partial charge in [0.1, 0.15) is 0 Å². The number of anilines is 1. The number of aromatic nitrogens is 2. The number of nitrogens with one attached hydrogen (secondary N) is 2. The molecule has 0 aliphatic carbocycles. The lowest BCUT2D eigenvalue weighted by Crippen LogP contribution is -2.35. The first kappa shape index (κ1) is 21.2. The van der Waals surface area contributed by atoms with Gasteiger partial charge in [-0.25, -0.2) is 0 Å². The van der Waals surface area contributed by atoms with Crippen LogP contribution in [0.3, 0.4) is 0 Å². The number of benzene rings is 1. The summed E-state index contributed by atoms with van der Waals surface area (Å²) >= 11 is 0. The van der Waals surface area contributed by atoms with Crippen LogP contribution in [0.25, 0.3) is 0 Å². The Morgan fingerprint density at radius 2 is 1.97 bits per heavy atom. The number of hydrogen-bond donors (Lipinski definition) is 3. The van der Waals surface area contributed by atoms with Gasteiger partial charge in [-0.05, 0) is 62.1 Å². The molecule has 3 N–H and O–H groups in total. The Labute approximate surface area is 182 Å². The van der Waals surface area contributed by atoms with E-state index >= 15 is 0 Å². The molecule has 0 bridgehead atoms. The van der Waals surface area contributed by atoms with E-state index in [-0.39, 0.29) is 17.9 Å². The minimum absolute atomic E-state index is 0.0424. The minimum Gasteiger partial charge on any atom is -0.387 e. The summed E-state index contributed by atoms with van der Waals surface area (Å²) in [5.41, 5.74) is 3.58. The van der Waals surface area contributed by atoms with Crippen LogP contribution >= 0.6 is 0 Å². The summed E-state index contributed by atoms with van der Waals surface area (Å²) in [6.45, 7) is 1.86. The fourth-order valence-electron chi connectivity index (χ4n) is 4.07. The van der Waals surface area contributed by atoms with E-state index in [1.807, 2.05) is 61.5 Å². The topological polar surface area (TPSA) is 87.1 Å². The first-order valence-electron chi connectivity index (χ1n) is 10.7. The molecule has 1 aliphatic rings. The van der Waals surface area contributed by atoms with E-state index in [2.05, 4.69) is 20.6 Å². The Balaban J connectivity index is 1.29. The van der Waals surface area contributed by atoms with Gasteiger partial charge in [0, 0.05) is 41.9 Å². The van der Waals surface area contributed by atoms with Crippen LogP contribution in [0.5, 0.6) is 0 Å². The molecule has 4 rings (SSSR count). The Morgan fingerprint density at radius 3 is 2.68 bits per heavy atom. The van der Waals surface area contributed by atoms with E-state index in [4.69, 9.17) is 0 Å². The fourth-order valence-corrected chi connectivity index (χ4v) is 4.07. The second-order valence-electron chi connectivity index (χ2n) is 8.15. The van der Waals surface area contributed by atoms with Crippen molar-refractivity contribution < 1.29 is 9.90 Å². The maximum atomic E-state index is 12.5. The second kappa shape index (κ2) is 9.81. The van der Waals surface area contributed by atoms with Crippen LogP contribution in [-0.2, 0) is 11.2 Å². The van der Waals surface area contributed by atoms with Crippen molar-refractivity contribution in [3.63, 3.8) is 0 Å². The predicted octanol–water partition coefficient (Wildman–Crippen LogP) is 3.62. The highest BCUT2D eigenvalue weighted by Gasteiger charge is 2.30. The van der Waals surface area contributed by atoms with E-state index < -0.39 is 6.10 Å². The van der Waals surface area contributed by atoms with Crippen molar-refractivity contribution in [2.45, 2.75) is 50.3 Å². The van der Waals surface area contributed by atoms with Crippen molar-refractivity contribution in [3.05, 3.63) is 90.0 Å². The zero-order chi connectivity index (χ0) is 21.6. The first-order chi connectivity index (χ1) is 15.1. The van der Waals surface area contributed by atoms with Crippen molar-refractivity contribution in [1.82, 2.24) is 15.3 Å². The Hall–Kier alpha value is -3.09. The van der Waals surface area contributed by atoms with Gasteiger partial charge in [-0.2, -0.15) is 0 Å². The molecule has 160 valence electrons. The zero-order valence-electron chi connectivity index (χ0n) is 17.6. The maximum absolute atomic E-state index is 12.5. The van der Waals surface area contributed by atoms with Crippen molar-refractivity contribution in [2.75, 3.05) is 5.32 Å². The lowest BCUT2D eigenvalue weighted by Gasteiger charge is -2.20. The van der Waals surface area contributed by atoms with E-state index in [1.54, 1.807) is 18.6 Å². The normalized spacial score (nSPS) is 20.2. The third-order valence-electron chi connectivity index (χ3n) is 5.91. The molecular formula is C25H28N4O2. The molecule has 1 aromatic carbocycles. The van der Waals surface area contributed by atoms with E-state index in [1.165, 1.54) is 5.56 Å². The number of hydrogen-bond acceptors (Lipinski definition) is 5. The highest BCUT2D eigenvalue weighted by Crippen LogP contribution is 2.26. The largest absolute Gasteiger partial charge is 0.387 e. The zero-order valence-corrected chi connectivity index (χ0v) is 17.6. The third-order valence-corrected chi connectivity index (χ3v) is 5.91. The molecule has 3 heterocycles. The first-order valence-corrected chi connectivity index (χ1v) is 10.7. The summed E-state index contributed by atoms with van der Waals surface area (Å²) in [5, 5.41) is 17.1. The summed E-state index contributed by atoms with van der Waals surface area (Å²) in [4.78, 5) is 20.9. The Morgan fingerprint density at radius 1 is 1.13 bits per heavy atom. The number of pyridine rings is 2. The molecule has 6 nitrogen and oxygen atoms in total.